The highest BCUT2D eigenvalue weighted by molar-refractivity contribution is 5.73. The maximum absolute atomic E-state index is 10.9. The number of carbonyl (C=O) groups is 1. The number of rotatable bonds is 6. The first-order valence-electron chi connectivity index (χ1n) is 6.84. The van der Waals surface area contributed by atoms with E-state index in [0.29, 0.717) is 12.0 Å². The predicted octanol–water partition coefficient (Wildman–Crippen LogP) is 1.93. The van der Waals surface area contributed by atoms with Crippen LogP contribution < -0.4 is 11.1 Å². The largest absolute Gasteiger partial charge is 0.375 e. The van der Waals surface area contributed by atoms with Gasteiger partial charge >= 0.3 is 0 Å². The molecule has 1 fully saturated rings. The molecule has 0 radical (unpaired) electrons. The van der Waals surface area contributed by atoms with Crippen molar-refractivity contribution in [1.29, 1.82) is 0 Å². The summed E-state index contributed by atoms with van der Waals surface area (Å²) in [7, 11) is 0. The van der Waals surface area contributed by atoms with Gasteiger partial charge in [0.1, 0.15) is 6.54 Å². The van der Waals surface area contributed by atoms with Gasteiger partial charge in [0.2, 0.25) is 5.91 Å². The quantitative estimate of drug-likeness (QED) is 0.842. The summed E-state index contributed by atoms with van der Waals surface area (Å²) in [6.45, 7) is 0.112. The average molecular weight is 270 g/mol. The Bertz CT molecular complexity index is 589. The first-order valence-corrected chi connectivity index (χ1v) is 6.84. The van der Waals surface area contributed by atoms with Crippen molar-refractivity contribution in [2.45, 2.75) is 25.4 Å². The molecule has 0 aliphatic heterocycles. The van der Waals surface area contributed by atoms with Crippen LogP contribution in [0.4, 0.5) is 5.69 Å². The molecule has 1 aliphatic rings. The molecule has 104 valence electrons. The molecule has 1 heterocycles. The van der Waals surface area contributed by atoms with Gasteiger partial charge in [0, 0.05) is 6.20 Å². The number of aromatic nitrogens is 2. The molecule has 1 aromatic heterocycles. The smallest absolute Gasteiger partial charge is 0.239 e. The topological polar surface area (TPSA) is 72.9 Å². The summed E-state index contributed by atoms with van der Waals surface area (Å²) in [4.78, 5) is 10.9. The van der Waals surface area contributed by atoms with Crippen LogP contribution in [0.2, 0.25) is 0 Å². The van der Waals surface area contributed by atoms with Crippen molar-refractivity contribution in [3.63, 3.8) is 0 Å². The zero-order chi connectivity index (χ0) is 13.9. The summed E-state index contributed by atoms with van der Waals surface area (Å²) in [5, 5.41) is 7.65. The van der Waals surface area contributed by atoms with Gasteiger partial charge in [-0.25, -0.2) is 0 Å². The van der Waals surface area contributed by atoms with E-state index in [-0.39, 0.29) is 12.5 Å². The van der Waals surface area contributed by atoms with Gasteiger partial charge in [0.05, 0.1) is 17.9 Å². The minimum Gasteiger partial charge on any atom is -0.375 e. The summed E-state index contributed by atoms with van der Waals surface area (Å²) in [6.07, 6.45) is 6.06. The normalized spacial score (nSPS) is 15.8. The molecule has 3 N–H and O–H groups in total. The van der Waals surface area contributed by atoms with E-state index < -0.39 is 0 Å². The van der Waals surface area contributed by atoms with Crippen LogP contribution in [0.3, 0.4) is 0 Å². The lowest BCUT2D eigenvalue weighted by atomic mass is 10.0. The van der Waals surface area contributed by atoms with Gasteiger partial charge in [-0.05, 0) is 24.3 Å². The second-order valence-electron chi connectivity index (χ2n) is 5.26. The molecule has 1 amide bonds. The Labute approximate surface area is 117 Å². The van der Waals surface area contributed by atoms with E-state index >= 15 is 0 Å². The fraction of sp³-hybridized carbons (Fsp3) is 0.333. The molecule has 5 nitrogen and oxygen atoms in total. The van der Waals surface area contributed by atoms with Crippen molar-refractivity contribution in [1.82, 2.24) is 9.78 Å². The van der Waals surface area contributed by atoms with E-state index in [1.165, 1.54) is 18.4 Å². The monoisotopic (exact) mass is 270 g/mol. The van der Waals surface area contributed by atoms with Crippen LogP contribution in [0.25, 0.3) is 0 Å². The molecule has 5 heteroatoms. The second kappa shape index (κ2) is 5.36. The lowest BCUT2D eigenvalue weighted by Gasteiger charge is -2.18. The predicted molar refractivity (Wildman–Crippen MR) is 77.0 cm³/mol. The Morgan fingerprint density at radius 3 is 2.80 bits per heavy atom. The lowest BCUT2D eigenvalue weighted by molar-refractivity contribution is -0.118. The fourth-order valence-corrected chi connectivity index (χ4v) is 2.43. The van der Waals surface area contributed by atoms with Crippen LogP contribution in [0.15, 0.2) is 42.7 Å². The molecule has 1 aromatic carbocycles. The number of amides is 1. The van der Waals surface area contributed by atoms with Gasteiger partial charge in [-0.1, -0.05) is 30.3 Å². The number of primary amides is 1. The maximum atomic E-state index is 10.9. The SMILES string of the molecule is NC(=O)Cn1cc(NC(c2ccccc2)C2CC2)cn1. The van der Waals surface area contributed by atoms with Crippen molar-refractivity contribution in [2.24, 2.45) is 11.7 Å². The highest BCUT2D eigenvalue weighted by Gasteiger charge is 2.32. The van der Waals surface area contributed by atoms with E-state index in [4.69, 9.17) is 5.73 Å². The van der Waals surface area contributed by atoms with Gasteiger partial charge in [0.15, 0.2) is 0 Å². The van der Waals surface area contributed by atoms with Crippen LogP contribution in [-0.2, 0) is 11.3 Å². The van der Waals surface area contributed by atoms with E-state index in [0.717, 1.165) is 5.69 Å². The number of nitrogens with two attached hydrogens (primary N) is 1. The molecule has 0 spiro atoms. The summed E-state index contributed by atoms with van der Waals surface area (Å²) >= 11 is 0. The van der Waals surface area contributed by atoms with Crippen molar-refractivity contribution in [2.75, 3.05) is 5.32 Å². The highest BCUT2D eigenvalue weighted by atomic mass is 16.1. The van der Waals surface area contributed by atoms with Gasteiger partial charge in [0.25, 0.3) is 0 Å². The molecule has 1 saturated carbocycles. The van der Waals surface area contributed by atoms with Gasteiger partial charge < -0.3 is 11.1 Å². The summed E-state index contributed by atoms with van der Waals surface area (Å²) < 4.78 is 1.56. The zero-order valence-electron chi connectivity index (χ0n) is 11.2. The molecule has 0 saturated heterocycles. The van der Waals surface area contributed by atoms with E-state index in [1.807, 2.05) is 12.3 Å². The first kappa shape index (κ1) is 12.7. The maximum Gasteiger partial charge on any atom is 0.239 e. The van der Waals surface area contributed by atoms with Gasteiger partial charge in [-0.2, -0.15) is 5.10 Å². The third-order valence-electron chi connectivity index (χ3n) is 3.53. The van der Waals surface area contributed by atoms with Crippen molar-refractivity contribution in [3.05, 3.63) is 48.3 Å². The third kappa shape index (κ3) is 2.99. The lowest BCUT2D eigenvalue weighted by Crippen LogP contribution is -2.18. The van der Waals surface area contributed by atoms with Gasteiger partial charge in [-0.3, -0.25) is 9.48 Å². The molecular formula is C15H18N4O. The number of nitrogens with one attached hydrogen (secondary N) is 1. The molecule has 1 atom stereocenters. The summed E-state index contributed by atoms with van der Waals surface area (Å²) in [5.41, 5.74) is 7.38. The average Bonchev–Trinajstić information content (AvgIpc) is 3.18. The zero-order valence-corrected chi connectivity index (χ0v) is 11.2. The van der Waals surface area contributed by atoms with Crippen molar-refractivity contribution in [3.8, 4) is 0 Å². The summed E-state index contributed by atoms with van der Waals surface area (Å²) in [5.74, 6) is 0.290. The van der Waals surface area contributed by atoms with Crippen molar-refractivity contribution < 1.29 is 4.79 Å². The Balaban J connectivity index is 1.74. The van der Waals surface area contributed by atoms with Crippen LogP contribution in [0.5, 0.6) is 0 Å². The number of hydrogen-bond donors (Lipinski definition) is 2. The minimum absolute atomic E-state index is 0.112. The van der Waals surface area contributed by atoms with Crippen LogP contribution >= 0.6 is 0 Å². The van der Waals surface area contributed by atoms with Gasteiger partial charge in [-0.15, -0.1) is 0 Å². The molecule has 0 bridgehead atoms. The minimum atomic E-state index is -0.388. The van der Waals surface area contributed by atoms with Crippen LogP contribution in [-0.4, -0.2) is 15.7 Å². The van der Waals surface area contributed by atoms with Crippen LogP contribution in [0, 0.1) is 5.92 Å². The Kier molecular flexibility index (Phi) is 3.41. The fourth-order valence-electron chi connectivity index (χ4n) is 2.43. The third-order valence-corrected chi connectivity index (χ3v) is 3.53. The Hall–Kier alpha value is -2.30. The Morgan fingerprint density at radius 2 is 2.15 bits per heavy atom. The molecule has 3 rings (SSSR count). The van der Waals surface area contributed by atoms with E-state index in [2.05, 4.69) is 34.7 Å². The Morgan fingerprint density at radius 1 is 1.40 bits per heavy atom. The molecule has 1 unspecified atom stereocenters. The van der Waals surface area contributed by atoms with Crippen molar-refractivity contribution >= 4 is 11.6 Å². The van der Waals surface area contributed by atoms with Crippen LogP contribution in [0.1, 0.15) is 24.4 Å². The number of nitrogens with zero attached hydrogens (tertiary/aromatic N) is 2. The number of anilines is 1. The molecule has 20 heavy (non-hydrogen) atoms. The summed E-state index contributed by atoms with van der Waals surface area (Å²) in [6, 6.07) is 10.7. The number of carbonyl (C=O) groups excluding carboxylic acids is 1. The molecular weight excluding hydrogens is 252 g/mol. The van der Waals surface area contributed by atoms with E-state index in [9.17, 15) is 4.79 Å². The van der Waals surface area contributed by atoms with E-state index in [1.54, 1.807) is 10.9 Å². The molecule has 1 aliphatic carbocycles. The standard InChI is InChI=1S/C15H18N4O/c16-14(20)10-19-9-13(8-17-19)18-15(12-6-7-12)11-4-2-1-3-5-11/h1-5,8-9,12,15,18H,6-7,10H2,(H2,16,20). The molecule has 2 aromatic rings. The first-order chi connectivity index (χ1) is 9.72. The highest BCUT2D eigenvalue weighted by Crippen LogP contribution is 2.42. The number of hydrogen-bond acceptors (Lipinski definition) is 3. The number of benzene rings is 1. The second-order valence-corrected chi connectivity index (χ2v) is 5.26.